The summed E-state index contributed by atoms with van der Waals surface area (Å²) in [7, 11) is 0. The van der Waals surface area contributed by atoms with Gasteiger partial charge in [-0.05, 0) is 62.2 Å². The van der Waals surface area contributed by atoms with Crippen molar-refractivity contribution in [2.75, 3.05) is 31.6 Å². The molecule has 2 heterocycles. The van der Waals surface area contributed by atoms with E-state index in [1.807, 2.05) is 6.07 Å². The largest absolute Gasteiger partial charge is 0.494 e. The van der Waals surface area contributed by atoms with Gasteiger partial charge in [-0.2, -0.15) is 0 Å². The van der Waals surface area contributed by atoms with Gasteiger partial charge in [-0.15, -0.1) is 12.4 Å². The molecule has 0 aliphatic carbocycles. The lowest BCUT2D eigenvalue weighted by Gasteiger charge is -2.26. The number of fused-ring (bicyclic) bond motifs is 1. The smallest absolute Gasteiger partial charge is 0.183 e. The van der Waals surface area contributed by atoms with Gasteiger partial charge in [0.15, 0.2) is 5.13 Å². The number of piperidine rings is 1. The fourth-order valence-electron chi connectivity index (χ4n) is 3.51. The molecule has 1 aliphatic heterocycles. The molecule has 6 heteroatoms. The second kappa shape index (κ2) is 10.6. The van der Waals surface area contributed by atoms with Crippen LogP contribution < -0.4 is 10.1 Å². The maximum Gasteiger partial charge on any atom is 0.183 e. The minimum atomic E-state index is 0. The highest BCUT2D eigenvalue weighted by molar-refractivity contribution is 7.22. The molecule has 0 bridgehead atoms. The minimum Gasteiger partial charge on any atom is -0.494 e. The molecular formula is C22H28ClN3OS. The van der Waals surface area contributed by atoms with Gasteiger partial charge in [0, 0.05) is 13.1 Å². The second-order valence-corrected chi connectivity index (χ2v) is 8.13. The molecule has 2 aromatic carbocycles. The van der Waals surface area contributed by atoms with Crippen molar-refractivity contribution in [3.63, 3.8) is 0 Å². The van der Waals surface area contributed by atoms with Crippen LogP contribution in [0.1, 0.15) is 31.2 Å². The summed E-state index contributed by atoms with van der Waals surface area (Å²) < 4.78 is 7.18. The van der Waals surface area contributed by atoms with E-state index in [2.05, 4.69) is 57.7 Å². The average Bonchev–Trinajstić information content (AvgIpc) is 3.12. The van der Waals surface area contributed by atoms with Gasteiger partial charge >= 0.3 is 0 Å². The Morgan fingerprint density at radius 1 is 1.04 bits per heavy atom. The SMILES string of the molecule is Cl.c1cc(CN2CCCCC2)cc(OCCCNc2nc3ccccc3s2)c1. The van der Waals surface area contributed by atoms with Crippen molar-refractivity contribution in [2.45, 2.75) is 32.2 Å². The van der Waals surface area contributed by atoms with Gasteiger partial charge in [-0.1, -0.05) is 42.0 Å². The molecule has 1 fully saturated rings. The molecule has 28 heavy (non-hydrogen) atoms. The van der Waals surface area contributed by atoms with E-state index in [0.717, 1.165) is 35.9 Å². The average molecular weight is 418 g/mol. The molecule has 0 radical (unpaired) electrons. The summed E-state index contributed by atoms with van der Waals surface area (Å²) in [5.41, 5.74) is 2.41. The zero-order valence-electron chi connectivity index (χ0n) is 16.1. The number of halogens is 1. The van der Waals surface area contributed by atoms with E-state index >= 15 is 0 Å². The Hall–Kier alpha value is -1.82. The van der Waals surface area contributed by atoms with Crippen LogP contribution >= 0.6 is 23.7 Å². The number of hydrogen-bond donors (Lipinski definition) is 1. The van der Waals surface area contributed by atoms with Crippen LogP contribution in [0.4, 0.5) is 5.13 Å². The molecule has 0 spiro atoms. The second-order valence-electron chi connectivity index (χ2n) is 7.10. The van der Waals surface area contributed by atoms with E-state index in [0.29, 0.717) is 6.61 Å². The van der Waals surface area contributed by atoms with E-state index in [1.165, 1.54) is 42.6 Å². The van der Waals surface area contributed by atoms with Gasteiger partial charge in [-0.3, -0.25) is 4.90 Å². The molecule has 0 atom stereocenters. The molecule has 1 aromatic heterocycles. The normalized spacial score (nSPS) is 14.6. The molecular weight excluding hydrogens is 390 g/mol. The van der Waals surface area contributed by atoms with Crippen molar-refractivity contribution in [3.05, 3.63) is 54.1 Å². The van der Waals surface area contributed by atoms with Crippen molar-refractivity contribution in [2.24, 2.45) is 0 Å². The molecule has 3 aromatic rings. The van der Waals surface area contributed by atoms with Crippen molar-refractivity contribution >= 4 is 39.1 Å². The third kappa shape index (κ3) is 5.84. The summed E-state index contributed by atoms with van der Waals surface area (Å²) in [5, 5.41) is 4.39. The van der Waals surface area contributed by atoms with Gasteiger partial charge in [0.05, 0.1) is 16.8 Å². The van der Waals surface area contributed by atoms with Crippen molar-refractivity contribution in [3.8, 4) is 5.75 Å². The minimum absolute atomic E-state index is 0. The quantitative estimate of drug-likeness (QED) is 0.485. The van der Waals surface area contributed by atoms with E-state index in [9.17, 15) is 0 Å². The molecule has 0 saturated carbocycles. The van der Waals surface area contributed by atoms with Crippen LogP contribution in [0, 0.1) is 0 Å². The predicted octanol–water partition coefficient (Wildman–Crippen LogP) is 5.59. The Labute approximate surface area is 177 Å². The highest BCUT2D eigenvalue weighted by atomic mass is 35.5. The molecule has 0 unspecified atom stereocenters. The summed E-state index contributed by atoms with van der Waals surface area (Å²) in [6.45, 7) is 5.07. The monoisotopic (exact) mass is 417 g/mol. The lowest BCUT2D eigenvalue weighted by atomic mass is 10.1. The lowest BCUT2D eigenvalue weighted by molar-refractivity contribution is 0.220. The lowest BCUT2D eigenvalue weighted by Crippen LogP contribution is -2.29. The first-order valence-electron chi connectivity index (χ1n) is 9.90. The summed E-state index contributed by atoms with van der Waals surface area (Å²) in [6.07, 6.45) is 4.99. The number of rotatable bonds is 8. The first-order chi connectivity index (χ1) is 13.4. The summed E-state index contributed by atoms with van der Waals surface area (Å²) in [6, 6.07) is 16.8. The van der Waals surface area contributed by atoms with Crippen molar-refractivity contribution < 1.29 is 4.74 Å². The summed E-state index contributed by atoms with van der Waals surface area (Å²) >= 11 is 1.70. The Morgan fingerprint density at radius 2 is 1.89 bits per heavy atom. The highest BCUT2D eigenvalue weighted by Crippen LogP contribution is 2.25. The van der Waals surface area contributed by atoms with Gasteiger partial charge in [0.25, 0.3) is 0 Å². The van der Waals surface area contributed by atoms with E-state index in [4.69, 9.17) is 4.74 Å². The fraction of sp³-hybridized carbons (Fsp3) is 0.409. The number of para-hydroxylation sites is 1. The van der Waals surface area contributed by atoms with Crippen LogP contribution in [0.25, 0.3) is 10.2 Å². The Bertz CT molecular complexity index is 831. The third-order valence-electron chi connectivity index (χ3n) is 4.91. The zero-order chi connectivity index (χ0) is 18.3. The Balaban J connectivity index is 0.00000225. The first kappa shape index (κ1) is 20.9. The van der Waals surface area contributed by atoms with Crippen LogP contribution in [0.5, 0.6) is 5.75 Å². The molecule has 150 valence electrons. The number of thiazole rings is 1. The number of anilines is 1. The van der Waals surface area contributed by atoms with Crippen molar-refractivity contribution in [1.82, 2.24) is 9.88 Å². The molecule has 1 saturated heterocycles. The van der Waals surface area contributed by atoms with Crippen LogP contribution in [-0.2, 0) is 6.54 Å². The maximum atomic E-state index is 5.96. The topological polar surface area (TPSA) is 37.4 Å². The van der Waals surface area contributed by atoms with Crippen molar-refractivity contribution in [1.29, 1.82) is 0 Å². The fourth-order valence-corrected chi connectivity index (χ4v) is 4.41. The van der Waals surface area contributed by atoms with Crippen LogP contribution in [0.15, 0.2) is 48.5 Å². The summed E-state index contributed by atoms with van der Waals surface area (Å²) in [4.78, 5) is 7.14. The standard InChI is InChI=1S/C22H27N3OS.ClH/c1-4-13-25(14-5-1)17-18-8-6-9-19(16-18)26-15-7-12-23-22-24-20-10-2-3-11-21(20)27-22;/h2-3,6,8-11,16H,1,4-5,7,12-15,17H2,(H,23,24);1H. The van der Waals surface area contributed by atoms with Gasteiger partial charge in [0.1, 0.15) is 5.75 Å². The van der Waals surface area contributed by atoms with E-state index in [-0.39, 0.29) is 12.4 Å². The number of nitrogens with one attached hydrogen (secondary N) is 1. The van der Waals surface area contributed by atoms with Gasteiger partial charge in [0.2, 0.25) is 0 Å². The molecule has 0 amide bonds. The number of ether oxygens (including phenoxy) is 1. The van der Waals surface area contributed by atoms with Gasteiger partial charge in [-0.25, -0.2) is 4.98 Å². The number of aromatic nitrogens is 1. The van der Waals surface area contributed by atoms with E-state index < -0.39 is 0 Å². The first-order valence-corrected chi connectivity index (χ1v) is 10.7. The number of hydrogen-bond acceptors (Lipinski definition) is 5. The molecule has 4 rings (SSSR count). The summed E-state index contributed by atoms with van der Waals surface area (Å²) in [5.74, 6) is 0.976. The predicted molar refractivity (Wildman–Crippen MR) is 121 cm³/mol. The number of nitrogens with zero attached hydrogens (tertiary/aromatic N) is 2. The number of likely N-dealkylation sites (tertiary alicyclic amines) is 1. The molecule has 1 N–H and O–H groups in total. The zero-order valence-corrected chi connectivity index (χ0v) is 17.7. The maximum absolute atomic E-state index is 5.96. The number of benzene rings is 2. The highest BCUT2D eigenvalue weighted by Gasteiger charge is 2.10. The van der Waals surface area contributed by atoms with Gasteiger partial charge < -0.3 is 10.1 Å². The van der Waals surface area contributed by atoms with Crippen LogP contribution in [0.3, 0.4) is 0 Å². The molecule has 4 nitrogen and oxygen atoms in total. The Kier molecular flexibility index (Phi) is 7.95. The van der Waals surface area contributed by atoms with E-state index in [1.54, 1.807) is 11.3 Å². The van der Waals surface area contributed by atoms with Crippen LogP contribution in [-0.4, -0.2) is 36.1 Å². The third-order valence-corrected chi connectivity index (χ3v) is 5.91. The Morgan fingerprint density at radius 3 is 2.75 bits per heavy atom. The molecule has 1 aliphatic rings. The van der Waals surface area contributed by atoms with Crippen LogP contribution in [0.2, 0.25) is 0 Å².